The standard InChI is InChI=1S/C16H20N6O2.ClH/c1-10(2)22(9-14-19-15(7-17)24-21-14)8-13-18-12-6-4-3-5-11(12)16(23)20-13;/h3-6,10H,7-9,17H2,1-2H3,(H,18,20,23);1H. The molecule has 0 unspecified atom stereocenters. The fraction of sp³-hybridized carbons (Fsp3) is 0.375. The van der Waals surface area contributed by atoms with Crippen LogP contribution in [0, 0.1) is 0 Å². The van der Waals surface area contributed by atoms with E-state index in [-0.39, 0.29) is 30.6 Å². The van der Waals surface area contributed by atoms with Crippen LogP contribution in [0.1, 0.15) is 31.4 Å². The molecule has 0 aliphatic carbocycles. The molecule has 2 heterocycles. The zero-order valence-corrected chi connectivity index (χ0v) is 14.9. The Balaban J connectivity index is 0.00000225. The molecular formula is C16H21ClN6O2. The maximum atomic E-state index is 12.2. The smallest absolute Gasteiger partial charge is 0.258 e. The van der Waals surface area contributed by atoms with Gasteiger partial charge >= 0.3 is 0 Å². The van der Waals surface area contributed by atoms with Crippen molar-refractivity contribution in [1.29, 1.82) is 0 Å². The van der Waals surface area contributed by atoms with Gasteiger partial charge in [0.05, 0.1) is 30.5 Å². The van der Waals surface area contributed by atoms with Gasteiger partial charge in [0.2, 0.25) is 5.89 Å². The number of rotatable bonds is 6. The molecule has 134 valence electrons. The average Bonchev–Trinajstić information content (AvgIpc) is 3.02. The lowest BCUT2D eigenvalue weighted by Crippen LogP contribution is -2.32. The molecule has 3 rings (SSSR count). The van der Waals surface area contributed by atoms with Gasteiger partial charge in [-0.25, -0.2) is 4.98 Å². The van der Waals surface area contributed by atoms with Crippen LogP contribution in [0.2, 0.25) is 0 Å². The van der Waals surface area contributed by atoms with Crippen molar-refractivity contribution < 1.29 is 4.52 Å². The number of halogens is 1. The van der Waals surface area contributed by atoms with Gasteiger partial charge in [-0.3, -0.25) is 9.69 Å². The van der Waals surface area contributed by atoms with Gasteiger partial charge in [-0.05, 0) is 26.0 Å². The van der Waals surface area contributed by atoms with Crippen LogP contribution in [0.4, 0.5) is 0 Å². The number of nitrogens with two attached hydrogens (primary N) is 1. The lowest BCUT2D eigenvalue weighted by molar-refractivity contribution is 0.191. The third kappa shape index (κ3) is 4.41. The highest BCUT2D eigenvalue weighted by atomic mass is 35.5. The van der Waals surface area contributed by atoms with Gasteiger partial charge in [0.15, 0.2) is 5.82 Å². The topological polar surface area (TPSA) is 114 Å². The first-order valence-electron chi connectivity index (χ1n) is 7.80. The van der Waals surface area contributed by atoms with Gasteiger partial charge in [-0.2, -0.15) is 4.98 Å². The summed E-state index contributed by atoms with van der Waals surface area (Å²) in [7, 11) is 0. The second-order valence-corrected chi connectivity index (χ2v) is 5.84. The summed E-state index contributed by atoms with van der Waals surface area (Å²) in [6.07, 6.45) is 0. The summed E-state index contributed by atoms with van der Waals surface area (Å²) in [5.74, 6) is 1.58. The van der Waals surface area contributed by atoms with Crippen molar-refractivity contribution in [2.24, 2.45) is 5.73 Å². The second-order valence-electron chi connectivity index (χ2n) is 5.84. The second kappa shape index (κ2) is 8.19. The van der Waals surface area contributed by atoms with E-state index in [1.807, 2.05) is 18.2 Å². The summed E-state index contributed by atoms with van der Waals surface area (Å²) in [6.45, 7) is 5.29. The minimum absolute atomic E-state index is 0. The van der Waals surface area contributed by atoms with E-state index in [1.165, 1.54) is 0 Å². The molecule has 0 saturated carbocycles. The molecule has 3 N–H and O–H groups in total. The van der Waals surface area contributed by atoms with Crippen LogP contribution in [-0.2, 0) is 19.6 Å². The Bertz CT molecular complexity index is 891. The van der Waals surface area contributed by atoms with Crippen molar-refractivity contribution >= 4 is 23.3 Å². The number of benzene rings is 1. The van der Waals surface area contributed by atoms with E-state index in [9.17, 15) is 4.79 Å². The minimum atomic E-state index is -0.135. The van der Waals surface area contributed by atoms with E-state index < -0.39 is 0 Å². The monoisotopic (exact) mass is 364 g/mol. The number of H-pyrrole nitrogens is 1. The first kappa shape index (κ1) is 19.0. The van der Waals surface area contributed by atoms with Crippen molar-refractivity contribution in [3.63, 3.8) is 0 Å². The summed E-state index contributed by atoms with van der Waals surface area (Å²) in [5.41, 5.74) is 6.04. The van der Waals surface area contributed by atoms with E-state index in [0.717, 1.165) is 0 Å². The summed E-state index contributed by atoms with van der Waals surface area (Å²) in [4.78, 5) is 25.9. The van der Waals surface area contributed by atoms with Crippen LogP contribution in [0.25, 0.3) is 10.9 Å². The van der Waals surface area contributed by atoms with Crippen LogP contribution in [0.5, 0.6) is 0 Å². The van der Waals surface area contributed by atoms with Crippen LogP contribution >= 0.6 is 12.4 Å². The van der Waals surface area contributed by atoms with Gasteiger partial charge in [0.25, 0.3) is 5.56 Å². The normalized spacial score (nSPS) is 11.2. The highest BCUT2D eigenvalue weighted by molar-refractivity contribution is 5.85. The number of aromatic amines is 1. The first-order valence-corrected chi connectivity index (χ1v) is 7.80. The van der Waals surface area contributed by atoms with Gasteiger partial charge < -0.3 is 15.2 Å². The molecule has 0 saturated heterocycles. The van der Waals surface area contributed by atoms with Crippen molar-refractivity contribution in [2.45, 2.75) is 39.5 Å². The number of hydrogen-bond acceptors (Lipinski definition) is 7. The Hall–Kier alpha value is -2.29. The largest absolute Gasteiger partial charge is 0.338 e. The van der Waals surface area contributed by atoms with Crippen molar-refractivity contribution in [2.75, 3.05) is 0 Å². The zero-order chi connectivity index (χ0) is 17.1. The van der Waals surface area contributed by atoms with Crippen LogP contribution in [-0.4, -0.2) is 31.1 Å². The van der Waals surface area contributed by atoms with Crippen molar-refractivity contribution in [3.05, 3.63) is 52.2 Å². The molecule has 2 aromatic heterocycles. The maximum Gasteiger partial charge on any atom is 0.258 e. The minimum Gasteiger partial charge on any atom is -0.338 e. The number of hydrogen-bond donors (Lipinski definition) is 2. The third-order valence-electron chi connectivity index (χ3n) is 3.77. The van der Waals surface area contributed by atoms with E-state index in [0.29, 0.717) is 41.5 Å². The van der Waals surface area contributed by atoms with E-state index in [4.69, 9.17) is 10.3 Å². The zero-order valence-electron chi connectivity index (χ0n) is 14.1. The van der Waals surface area contributed by atoms with E-state index in [1.54, 1.807) is 6.07 Å². The number of nitrogens with zero attached hydrogens (tertiary/aromatic N) is 4. The van der Waals surface area contributed by atoms with Crippen molar-refractivity contribution in [3.8, 4) is 0 Å². The molecule has 0 fully saturated rings. The quantitative estimate of drug-likeness (QED) is 0.682. The fourth-order valence-corrected chi connectivity index (χ4v) is 2.44. The lowest BCUT2D eigenvalue weighted by atomic mass is 10.2. The van der Waals surface area contributed by atoms with Gasteiger partial charge in [-0.1, -0.05) is 17.3 Å². The van der Waals surface area contributed by atoms with Gasteiger partial charge in [-0.15, -0.1) is 12.4 Å². The lowest BCUT2D eigenvalue weighted by Gasteiger charge is -2.24. The van der Waals surface area contributed by atoms with Crippen molar-refractivity contribution in [1.82, 2.24) is 25.0 Å². The molecule has 0 atom stereocenters. The van der Waals surface area contributed by atoms with E-state index >= 15 is 0 Å². The Morgan fingerprint density at radius 2 is 2.00 bits per heavy atom. The van der Waals surface area contributed by atoms with Crippen LogP contribution in [0.3, 0.4) is 0 Å². The molecule has 0 aliphatic heterocycles. The summed E-state index contributed by atoms with van der Waals surface area (Å²) < 4.78 is 5.04. The molecule has 1 aromatic carbocycles. The Kier molecular flexibility index (Phi) is 6.24. The molecule has 0 spiro atoms. The molecule has 25 heavy (non-hydrogen) atoms. The summed E-state index contributed by atoms with van der Waals surface area (Å²) in [6, 6.07) is 7.50. The maximum absolute atomic E-state index is 12.2. The Morgan fingerprint density at radius 1 is 1.24 bits per heavy atom. The molecule has 8 nitrogen and oxygen atoms in total. The molecular weight excluding hydrogens is 344 g/mol. The van der Waals surface area contributed by atoms with Gasteiger partial charge in [0.1, 0.15) is 5.82 Å². The van der Waals surface area contributed by atoms with E-state index in [2.05, 4.69) is 38.9 Å². The highest BCUT2D eigenvalue weighted by Crippen LogP contribution is 2.11. The van der Waals surface area contributed by atoms with Crippen LogP contribution < -0.4 is 11.3 Å². The summed E-state index contributed by atoms with van der Waals surface area (Å²) in [5, 5.41) is 4.50. The third-order valence-corrected chi connectivity index (χ3v) is 3.77. The molecule has 0 amide bonds. The van der Waals surface area contributed by atoms with Gasteiger partial charge in [0, 0.05) is 6.04 Å². The molecule has 0 aliphatic rings. The number of aromatic nitrogens is 4. The highest BCUT2D eigenvalue weighted by Gasteiger charge is 2.16. The number of nitrogens with one attached hydrogen (secondary N) is 1. The molecule has 0 bridgehead atoms. The SMILES string of the molecule is CC(C)N(Cc1noc(CN)n1)Cc1nc2ccccc2c(=O)[nH]1.Cl. The van der Waals surface area contributed by atoms with Crippen LogP contribution in [0.15, 0.2) is 33.6 Å². The summed E-state index contributed by atoms with van der Waals surface area (Å²) >= 11 is 0. The Morgan fingerprint density at radius 3 is 2.68 bits per heavy atom. The molecule has 0 radical (unpaired) electrons. The molecule has 3 aromatic rings. The average molecular weight is 365 g/mol. The number of fused-ring (bicyclic) bond motifs is 1. The number of para-hydroxylation sites is 1. The predicted octanol–water partition coefficient (Wildman–Crippen LogP) is 1.60. The Labute approximate surface area is 150 Å². The molecule has 9 heteroatoms. The first-order chi connectivity index (χ1) is 11.6. The predicted molar refractivity (Wildman–Crippen MR) is 96.2 cm³/mol. The fourth-order valence-electron chi connectivity index (χ4n) is 2.44.